The lowest BCUT2D eigenvalue weighted by Gasteiger charge is -2.44. The maximum Gasteiger partial charge on any atom is 0.416 e. The highest BCUT2D eigenvalue weighted by molar-refractivity contribution is 5.67. The summed E-state index contributed by atoms with van der Waals surface area (Å²) in [5.74, 6) is 0.838. The van der Waals surface area contributed by atoms with Crippen LogP contribution in [0.4, 0.5) is 13.2 Å². The molecule has 1 aromatic carbocycles. The Morgan fingerprint density at radius 1 is 0.848 bits per heavy atom. The van der Waals surface area contributed by atoms with Crippen molar-refractivity contribution in [3.63, 3.8) is 0 Å². The first-order valence-electron chi connectivity index (χ1n) is 12.9. The summed E-state index contributed by atoms with van der Waals surface area (Å²) in [5.41, 5.74) is 0.320. The van der Waals surface area contributed by atoms with Crippen molar-refractivity contribution in [3.8, 4) is 0 Å². The van der Waals surface area contributed by atoms with Crippen LogP contribution in [0.5, 0.6) is 0 Å². The summed E-state index contributed by atoms with van der Waals surface area (Å²) in [6.45, 7) is 2.17. The van der Waals surface area contributed by atoms with E-state index in [1.807, 2.05) is 0 Å². The van der Waals surface area contributed by atoms with Gasteiger partial charge >= 0.3 is 12.1 Å². The summed E-state index contributed by atoms with van der Waals surface area (Å²) < 4.78 is 39.5. The van der Waals surface area contributed by atoms with Crippen molar-refractivity contribution in [1.82, 2.24) is 4.90 Å². The molecule has 3 fully saturated rings. The van der Waals surface area contributed by atoms with E-state index >= 15 is 0 Å². The maximum absolute atomic E-state index is 13.2. The second-order valence-corrected chi connectivity index (χ2v) is 10.8. The van der Waals surface area contributed by atoms with Crippen molar-refractivity contribution in [1.29, 1.82) is 0 Å². The summed E-state index contributed by atoms with van der Waals surface area (Å²) in [6, 6.07) is 5.98. The fourth-order valence-electron chi connectivity index (χ4n) is 6.78. The molecule has 0 spiro atoms. The smallest absolute Gasteiger partial charge is 0.416 e. The van der Waals surface area contributed by atoms with Crippen LogP contribution in [0.2, 0.25) is 0 Å². The van der Waals surface area contributed by atoms with Crippen LogP contribution >= 0.6 is 0 Å². The highest BCUT2D eigenvalue weighted by atomic mass is 19.4. The number of hydrogen-bond acceptors (Lipinski definition) is 2. The van der Waals surface area contributed by atoms with Gasteiger partial charge in [-0.1, -0.05) is 37.8 Å². The maximum atomic E-state index is 13.2. The van der Waals surface area contributed by atoms with Crippen molar-refractivity contribution in [2.45, 2.75) is 95.2 Å². The molecular formula is C27H38F3NO2. The monoisotopic (exact) mass is 465 g/mol. The number of halogens is 3. The van der Waals surface area contributed by atoms with Gasteiger partial charge in [-0.25, -0.2) is 0 Å². The standard InChI is InChI=1S/C27H38F3NO2/c28-27(29,30)23-12-10-22(11-13-23)24-15-21(16-26(32)33)9-14-25(24)31(17-19-5-1-2-6-19)18-20-7-3-4-8-20/h10-13,19-21,24-25H,1-9,14-18H2,(H,32,33)/t21-,24+,25-/m1/s1. The Bertz CT molecular complexity index is 749. The molecule has 3 aliphatic carbocycles. The van der Waals surface area contributed by atoms with Gasteiger partial charge in [0.25, 0.3) is 0 Å². The van der Waals surface area contributed by atoms with Gasteiger partial charge in [-0.15, -0.1) is 0 Å². The van der Waals surface area contributed by atoms with E-state index in [2.05, 4.69) is 4.90 Å². The Morgan fingerprint density at radius 3 is 1.88 bits per heavy atom. The van der Waals surface area contributed by atoms with E-state index in [1.165, 1.54) is 63.5 Å². The van der Waals surface area contributed by atoms with Gasteiger partial charge in [0.1, 0.15) is 0 Å². The van der Waals surface area contributed by atoms with Gasteiger partial charge in [0, 0.05) is 25.6 Å². The first-order chi connectivity index (χ1) is 15.8. The lowest BCUT2D eigenvalue weighted by Crippen LogP contribution is -2.47. The summed E-state index contributed by atoms with van der Waals surface area (Å²) in [7, 11) is 0. The van der Waals surface area contributed by atoms with Crippen LogP contribution in [0, 0.1) is 17.8 Å². The van der Waals surface area contributed by atoms with Crippen molar-refractivity contribution in [2.75, 3.05) is 13.1 Å². The Morgan fingerprint density at radius 2 is 1.39 bits per heavy atom. The molecule has 0 heterocycles. The van der Waals surface area contributed by atoms with E-state index in [9.17, 15) is 23.1 Å². The third-order valence-electron chi connectivity index (χ3n) is 8.46. The fraction of sp³-hybridized carbons (Fsp3) is 0.741. The van der Waals surface area contributed by atoms with Crippen LogP contribution in [0.3, 0.4) is 0 Å². The summed E-state index contributed by atoms with van der Waals surface area (Å²) in [4.78, 5) is 14.1. The van der Waals surface area contributed by atoms with Crippen molar-refractivity contribution >= 4 is 5.97 Å². The van der Waals surface area contributed by atoms with Crippen LogP contribution < -0.4 is 0 Å². The van der Waals surface area contributed by atoms with Crippen LogP contribution in [-0.4, -0.2) is 35.1 Å². The van der Waals surface area contributed by atoms with Gasteiger partial charge in [-0.05, 0) is 86.3 Å². The number of benzene rings is 1. The largest absolute Gasteiger partial charge is 0.481 e. The third-order valence-corrected chi connectivity index (χ3v) is 8.46. The average molecular weight is 466 g/mol. The average Bonchev–Trinajstić information content (AvgIpc) is 3.47. The lowest BCUT2D eigenvalue weighted by molar-refractivity contribution is -0.139. The Kier molecular flexibility index (Phi) is 8.03. The van der Waals surface area contributed by atoms with Crippen molar-refractivity contribution in [3.05, 3.63) is 35.4 Å². The molecule has 0 saturated heterocycles. The van der Waals surface area contributed by atoms with E-state index in [1.54, 1.807) is 12.1 Å². The van der Waals surface area contributed by atoms with Crippen LogP contribution in [-0.2, 0) is 11.0 Å². The molecule has 0 aliphatic heterocycles. The van der Waals surface area contributed by atoms with Gasteiger partial charge in [0.15, 0.2) is 0 Å². The van der Waals surface area contributed by atoms with Crippen LogP contribution in [0.1, 0.15) is 94.1 Å². The molecule has 3 saturated carbocycles. The highest BCUT2D eigenvalue weighted by Gasteiger charge is 2.38. The first kappa shape index (κ1) is 24.6. The molecule has 1 aromatic rings. The summed E-state index contributed by atoms with van der Waals surface area (Å²) in [5, 5.41) is 9.37. The zero-order valence-electron chi connectivity index (χ0n) is 19.5. The minimum absolute atomic E-state index is 0.0888. The van der Waals surface area contributed by atoms with E-state index in [0.717, 1.165) is 49.8 Å². The molecule has 4 rings (SSSR count). The normalized spacial score (nSPS) is 27.5. The molecule has 1 N–H and O–H groups in total. The second-order valence-electron chi connectivity index (χ2n) is 10.8. The number of carboxylic acids is 1. The van der Waals surface area contributed by atoms with Gasteiger partial charge < -0.3 is 5.11 Å². The number of rotatable bonds is 8. The molecular weight excluding hydrogens is 427 g/mol. The first-order valence-corrected chi connectivity index (χ1v) is 12.9. The quantitative estimate of drug-likeness (QED) is 0.445. The SMILES string of the molecule is O=C(O)C[C@@H]1CC[C@@H](N(CC2CCCC2)CC2CCCC2)[C@H](c2ccc(C(F)(F)F)cc2)C1. The van der Waals surface area contributed by atoms with Gasteiger partial charge in [0.2, 0.25) is 0 Å². The molecule has 0 radical (unpaired) electrons. The fourth-order valence-corrected chi connectivity index (χ4v) is 6.78. The molecule has 0 unspecified atom stereocenters. The molecule has 0 aromatic heterocycles. The number of carbonyl (C=O) groups is 1. The number of alkyl halides is 3. The molecule has 3 atom stereocenters. The lowest BCUT2D eigenvalue weighted by atomic mass is 9.72. The van der Waals surface area contributed by atoms with Crippen LogP contribution in [0.15, 0.2) is 24.3 Å². The molecule has 3 aliphatic rings. The van der Waals surface area contributed by atoms with E-state index in [-0.39, 0.29) is 24.3 Å². The number of nitrogens with zero attached hydrogens (tertiary/aromatic N) is 1. The Hall–Kier alpha value is -1.56. The summed E-state index contributed by atoms with van der Waals surface area (Å²) >= 11 is 0. The predicted octanol–water partition coefficient (Wildman–Crippen LogP) is 7.11. The summed E-state index contributed by atoms with van der Waals surface area (Å²) in [6.07, 6.45) is 8.69. The number of aliphatic carboxylic acids is 1. The predicted molar refractivity (Wildman–Crippen MR) is 123 cm³/mol. The molecule has 6 heteroatoms. The van der Waals surface area contributed by atoms with Crippen LogP contribution in [0.25, 0.3) is 0 Å². The third kappa shape index (κ3) is 6.52. The molecule has 0 bridgehead atoms. The second kappa shape index (κ2) is 10.8. The zero-order chi connectivity index (χ0) is 23.4. The Labute approximate surface area is 195 Å². The number of hydrogen-bond donors (Lipinski definition) is 1. The molecule has 0 amide bonds. The van der Waals surface area contributed by atoms with Crippen molar-refractivity contribution < 1.29 is 23.1 Å². The highest BCUT2D eigenvalue weighted by Crippen LogP contribution is 2.43. The molecule has 184 valence electrons. The Balaban J connectivity index is 1.58. The van der Waals surface area contributed by atoms with Gasteiger partial charge in [0.05, 0.1) is 5.56 Å². The minimum atomic E-state index is -4.34. The molecule has 3 nitrogen and oxygen atoms in total. The van der Waals surface area contributed by atoms with E-state index in [4.69, 9.17) is 0 Å². The van der Waals surface area contributed by atoms with Crippen molar-refractivity contribution in [2.24, 2.45) is 17.8 Å². The topological polar surface area (TPSA) is 40.5 Å². The molecule has 33 heavy (non-hydrogen) atoms. The van der Waals surface area contributed by atoms with E-state index in [0.29, 0.717) is 0 Å². The number of carboxylic acid groups (broad SMARTS) is 1. The van der Waals surface area contributed by atoms with E-state index < -0.39 is 17.7 Å². The zero-order valence-corrected chi connectivity index (χ0v) is 19.5. The van der Waals surface area contributed by atoms with Gasteiger partial charge in [-0.2, -0.15) is 13.2 Å². The van der Waals surface area contributed by atoms with Gasteiger partial charge in [-0.3, -0.25) is 9.69 Å². The minimum Gasteiger partial charge on any atom is -0.481 e.